The van der Waals surface area contributed by atoms with Crippen molar-refractivity contribution in [3.05, 3.63) is 60.0 Å². The monoisotopic (exact) mass is 472 g/mol. The summed E-state index contributed by atoms with van der Waals surface area (Å²) in [6, 6.07) is 15.5. The highest BCUT2D eigenvalue weighted by Gasteiger charge is 2.30. The zero-order chi connectivity index (χ0) is 24.4. The molecule has 2 heterocycles. The van der Waals surface area contributed by atoms with E-state index in [1.54, 1.807) is 0 Å². The predicted molar refractivity (Wildman–Crippen MR) is 144 cm³/mol. The van der Waals surface area contributed by atoms with Crippen molar-refractivity contribution in [1.82, 2.24) is 14.9 Å². The summed E-state index contributed by atoms with van der Waals surface area (Å²) < 4.78 is 6.41. The van der Waals surface area contributed by atoms with Gasteiger partial charge in [0.05, 0.1) is 6.10 Å². The summed E-state index contributed by atoms with van der Waals surface area (Å²) in [5.41, 5.74) is 1.79. The first-order valence-corrected chi connectivity index (χ1v) is 13.3. The van der Waals surface area contributed by atoms with Crippen LogP contribution in [0.25, 0.3) is 10.8 Å². The molecule has 0 radical (unpaired) electrons. The van der Waals surface area contributed by atoms with Crippen molar-refractivity contribution in [2.24, 2.45) is 11.3 Å². The standard InChI is InChI=1S/C30H40N4O/c1-22-31-14-13-29(32-22)34-17-15-33(16-18-34)21-23-5-6-25-20-28(10-7-24(25)19-23)35-27-11-8-26(9-12-27)30(2,3)4/h5-7,10,13-14,19-20,26-27H,8-9,11-12,15-18,21H2,1-4H3/t26-,27-. The highest BCUT2D eigenvalue weighted by molar-refractivity contribution is 5.84. The Morgan fingerprint density at radius 2 is 1.60 bits per heavy atom. The van der Waals surface area contributed by atoms with Crippen molar-refractivity contribution in [1.29, 1.82) is 0 Å². The Balaban J connectivity index is 1.15. The molecule has 0 N–H and O–H groups in total. The summed E-state index contributed by atoms with van der Waals surface area (Å²) in [6.07, 6.45) is 7.10. The predicted octanol–water partition coefficient (Wildman–Crippen LogP) is 6.24. The molecular weight excluding hydrogens is 432 g/mol. The second-order valence-corrected chi connectivity index (χ2v) is 11.5. The number of anilines is 1. The lowest BCUT2D eigenvalue weighted by Crippen LogP contribution is -2.46. The number of aryl methyl sites for hydroxylation is 1. The summed E-state index contributed by atoms with van der Waals surface area (Å²) in [6.45, 7) is 14.2. The lowest BCUT2D eigenvalue weighted by molar-refractivity contribution is 0.0883. The fourth-order valence-corrected chi connectivity index (χ4v) is 5.70. The second-order valence-electron chi connectivity index (χ2n) is 11.5. The molecule has 3 aromatic rings. The average Bonchev–Trinajstić information content (AvgIpc) is 2.84. The van der Waals surface area contributed by atoms with Crippen LogP contribution < -0.4 is 9.64 Å². The summed E-state index contributed by atoms with van der Waals surface area (Å²) in [5.74, 6) is 3.71. The van der Waals surface area contributed by atoms with Gasteiger partial charge in [0, 0.05) is 38.9 Å². The van der Waals surface area contributed by atoms with E-state index in [1.807, 2.05) is 19.2 Å². The molecule has 0 spiro atoms. The molecule has 2 fully saturated rings. The first-order chi connectivity index (χ1) is 16.8. The zero-order valence-electron chi connectivity index (χ0n) is 21.8. The van der Waals surface area contributed by atoms with Crippen molar-refractivity contribution in [3.63, 3.8) is 0 Å². The van der Waals surface area contributed by atoms with Crippen molar-refractivity contribution in [2.75, 3.05) is 31.1 Å². The number of hydrogen-bond acceptors (Lipinski definition) is 5. The molecule has 5 rings (SSSR count). The van der Waals surface area contributed by atoms with Crippen LogP contribution in [0.3, 0.4) is 0 Å². The van der Waals surface area contributed by atoms with Crippen LogP contribution in [0.1, 0.15) is 57.8 Å². The topological polar surface area (TPSA) is 41.5 Å². The van der Waals surface area contributed by atoms with Crippen LogP contribution in [0.2, 0.25) is 0 Å². The molecule has 186 valence electrons. The summed E-state index contributed by atoms with van der Waals surface area (Å²) >= 11 is 0. The SMILES string of the molecule is Cc1nccc(N2CCN(Cc3ccc4cc(O[C@H]5CC[C@H](C(C)(C)C)CC5)ccc4c3)CC2)n1. The lowest BCUT2D eigenvalue weighted by atomic mass is 9.72. The van der Waals surface area contributed by atoms with E-state index in [-0.39, 0.29) is 0 Å². The number of piperazine rings is 1. The van der Waals surface area contributed by atoms with Crippen LogP contribution >= 0.6 is 0 Å². The number of benzene rings is 2. The third kappa shape index (κ3) is 5.95. The molecule has 1 saturated carbocycles. The molecule has 5 heteroatoms. The fraction of sp³-hybridized carbons (Fsp3) is 0.533. The zero-order valence-corrected chi connectivity index (χ0v) is 21.8. The first-order valence-electron chi connectivity index (χ1n) is 13.3. The molecule has 0 amide bonds. The van der Waals surface area contributed by atoms with Gasteiger partial charge in [0.1, 0.15) is 17.4 Å². The van der Waals surface area contributed by atoms with Gasteiger partial charge in [0.25, 0.3) is 0 Å². The molecule has 1 aliphatic heterocycles. The Hall–Kier alpha value is -2.66. The van der Waals surface area contributed by atoms with Crippen LogP contribution in [0.4, 0.5) is 5.82 Å². The van der Waals surface area contributed by atoms with Gasteiger partial charge >= 0.3 is 0 Å². The molecule has 0 unspecified atom stereocenters. The summed E-state index contributed by atoms with van der Waals surface area (Å²) in [5, 5.41) is 2.56. The number of nitrogens with zero attached hydrogens (tertiary/aromatic N) is 4. The molecule has 0 atom stereocenters. The average molecular weight is 473 g/mol. The molecule has 1 aliphatic carbocycles. The van der Waals surface area contributed by atoms with Gasteiger partial charge < -0.3 is 9.64 Å². The van der Waals surface area contributed by atoms with Crippen molar-refractivity contribution in [2.45, 2.75) is 66.0 Å². The van der Waals surface area contributed by atoms with E-state index in [1.165, 1.54) is 42.0 Å². The fourth-order valence-electron chi connectivity index (χ4n) is 5.70. The van der Waals surface area contributed by atoms with Crippen LogP contribution in [-0.4, -0.2) is 47.2 Å². The molecule has 1 saturated heterocycles. The minimum Gasteiger partial charge on any atom is -0.490 e. The Morgan fingerprint density at radius 1 is 0.886 bits per heavy atom. The molecule has 2 aromatic carbocycles. The molecule has 35 heavy (non-hydrogen) atoms. The van der Waals surface area contributed by atoms with Crippen molar-refractivity contribution in [3.8, 4) is 5.75 Å². The van der Waals surface area contributed by atoms with Gasteiger partial charge in [0.15, 0.2) is 0 Å². The smallest absolute Gasteiger partial charge is 0.132 e. The van der Waals surface area contributed by atoms with Gasteiger partial charge in [-0.2, -0.15) is 0 Å². The minimum absolute atomic E-state index is 0.357. The first kappa shape index (κ1) is 24.1. The van der Waals surface area contributed by atoms with E-state index in [4.69, 9.17) is 4.74 Å². The Bertz CT molecular complexity index is 1140. The second kappa shape index (κ2) is 10.1. The summed E-state index contributed by atoms with van der Waals surface area (Å²) in [4.78, 5) is 13.7. The van der Waals surface area contributed by atoms with Gasteiger partial charge in [-0.25, -0.2) is 9.97 Å². The van der Waals surface area contributed by atoms with Gasteiger partial charge in [-0.05, 0) is 84.5 Å². The number of fused-ring (bicyclic) bond motifs is 1. The maximum Gasteiger partial charge on any atom is 0.132 e. The normalized spacial score (nSPS) is 21.9. The Kier molecular flexibility index (Phi) is 6.97. The van der Waals surface area contributed by atoms with Gasteiger partial charge in [-0.3, -0.25) is 4.90 Å². The quantitative estimate of drug-likeness (QED) is 0.439. The maximum atomic E-state index is 6.41. The largest absolute Gasteiger partial charge is 0.490 e. The minimum atomic E-state index is 0.357. The number of ether oxygens (including phenoxy) is 1. The number of aromatic nitrogens is 2. The van der Waals surface area contributed by atoms with Crippen LogP contribution in [-0.2, 0) is 6.54 Å². The maximum absolute atomic E-state index is 6.41. The molecular formula is C30H40N4O. The van der Waals surface area contributed by atoms with E-state index >= 15 is 0 Å². The van der Waals surface area contributed by atoms with Crippen LogP contribution in [0.5, 0.6) is 5.75 Å². The molecule has 2 aliphatic rings. The third-order valence-corrected chi connectivity index (χ3v) is 7.94. The summed E-state index contributed by atoms with van der Waals surface area (Å²) in [7, 11) is 0. The van der Waals surface area contributed by atoms with Gasteiger partial charge in [0.2, 0.25) is 0 Å². The van der Waals surface area contributed by atoms with Crippen LogP contribution in [0, 0.1) is 18.3 Å². The van der Waals surface area contributed by atoms with Crippen LogP contribution in [0.15, 0.2) is 48.7 Å². The third-order valence-electron chi connectivity index (χ3n) is 7.94. The van der Waals surface area contributed by atoms with E-state index in [2.05, 4.69) is 76.9 Å². The van der Waals surface area contributed by atoms with Gasteiger partial charge in [-0.15, -0.1) is 0 Å². The van der Waals surface area contributed by atoms with E-state index in [0.29, 0.717) is 11.5 Å². The molecule has 1 aromatic heterocycles. The van der Waals surface area contributed by atoms with E-state index < -0.39 is 0 Å². The number of hydrogen-bond donors (Lipinski definition) is 0. The molecule has 0 bridgehead atoms. The Labute approximate surface area is 210 Å². The van der Waals surface area contributed by atoms with Gasteiger partial charge in [-0.1, -0.05) is 39.0 Å². The molecule has 5 nitrogen and oxygen atoms in total. The highest BCUT2D eigenvalue weighted by Crippen LogP contribution is 2.39. The van der Waals surface area contributed by atoms with Crippen molar-refractivity contribution < 1.29 is 4.74 Å². The highest BCUT2D eigenvalue weighted by atomic mass is 16.5. The lowest BCUT2D eigenvalue weighted by Gasteiger charge is -2.37. The van der Waals surface area contributed by atoms with E-state index in [9.17, 15) is 0 Å². The Morgan fingerprint density at radius 3 is 2.31 bits per heavy atom. The van der Waals surface area contributed by atoms with Crippen molar-refractivity contribution >= 4 is 16.6 Å². The van der Waals surface area contributed by atoms with E-state index in [0.717, 1.165) is 56.0 Å². The number of rotatable bonds is 5.